The van der Waals surface area contributed by atoms with E-state index in [0.29, 0.717) is 43.4 Å². The van der Waals surface area contributed by atoms with Gasteiger partial charge < -0.3 is 5.32 Å². The van der Waals surface area contributed by atoms with E-state index in [9.17, 15) is 18.0 Å². The van der Waals surface area contributed by atoms with Crippen molar-refractivity contribution >= 4 is 22.0 Å². The van der Waals surface area contributed by atoms with Crippen LogP contribution in [-0.4, -0.2) is 67.3 Å². The Balaban J connectivity index is 1.23. The number of amides is 3. The molecule has 0 saturated carbocycles. The molecular weight excluding hydrogens is 464 g/mol. The number of hydrogen-bond acceptors (Lipinski definition) is 5. The molecule has 1 spiro atoms. The average molecular weight is 497 g/mol. The number of benzene rings is 2. The van der Waals surface area contributed by atoms with Crippen molar-refractivity contribution in [3.63, 3.8) is 0 Å². The van der Waals surface area contributed by atoms with Gasteiger partial charge in [-0.05, 0) is 54.0 Å². The van der Waals surface area contributed by atoms with E-state index in [1.165, 1.54) is 9.21 Å². The van der Waals surface area contributed by atoms with E-state index in [-0.39, 0.29) is 18.6 Å². The van der Waals surface area contributed by atoms with Crippen molar-refractivity contribution in [2.45, 2.75) is 49.5 Å². The highest BCUT2D eigenvalue weighted by Crippen LogP contribution is 2.41. The summed E-state index contributed by atoms with van der Waals surface area (Å²) >= 11 is 0. The van der Waals surface area contributed by atoms with Crippen LogP contribution >= 0.6 is 0 Å². The molecule has 1 N–H and O–H groups in total. The van der Waals surface area contributed by atoms with E-state index in [4.69, 9.17) is 0 Å². The number of sulfonamides is 1. The lowest BCUT2D eigenvalue weighted by molar-refractivity contribution is -0.133. The number of carbonyl (C=O) groups excluding carboxylic acids is 2. The molecule has 2 saturated heterocycles. The lowest BCUT2D eigenvalue weighted by Crippen LogP contribution is -2.52. The van der Waals surface area contributed by atoms with Gasteiger partial charge in [0.2, 0.25) is 10.0 Å². The van der Waals surface area contributed by atoms with Crippen LogP contribution in [0.4, 0.5) is 4.79 Å². The molecule has 2 atom stereocenters. The molecule has 2 aromatic rings. The molecule has 8 nitrogen and oxygen atoms in total. The van der Waals surface area contributed by atoms with E-state index in [2.05, 4.69) is 19.2 Å². The van der Waals surface area contributed by atoms with Gasteiger partial charge in [-0.25, -0.2) is 18.1 Å². The van der Waals surface area contributed by atoms with Gasteiger partial charge in [-0.2, -0.15) is 4.31 Å². The lowest BCUT2D eigenvalue weighted by Gasteiger charge is -2.35. The molecule has 2 heterocycles. The molecule has 3 amide bonds. The van der Waals surface area contributed by atoms with Crippen LogP contribution in [0.2, 0.25) is 0 Å². The third kappa shape index (κ3) is 4.05. The smallest absolute Gasteiger partial charge is 0.319 e. The molecule has 1 aliphatic carbocycles. The zero-order valence-corrected chi connectivity index (χ0v) is 21.1. The second-order valence-electron chi connectivity index (χ2n) is 9.77. The number of rotatable bonds is 6. The summed E-state index contributed by atoms with van der Waals surface area (Å²) in [4.78, 5) is 29.7. The number of piperazine rings is 1. The van der Waals surface area contributed by atoms with Gasteiger partial charge in [0.15, 0.2) is 0 Å². The van der Waals surface area contributed by atoms with Gasteiger partial charge in [-0.15, -0.1) is 0 Å². The van der Waals surface area contributed by atoms with Crippen LogP contribution in [0.5, 0.6) is 0 Å². The van der Waals surface area contributed by atoms with E-state index >= 15 is 0 Å². The molecule has 186 valence electrons. The number of imide groups is 1. The van der Waals surface area contributed by atoms with Crippen LogP contribution in [0.25, 0.3) is 0 Å². The van der Waals surface area contributed by atoms with E-state index < -0.39 is 15.6 Å². The highest BCUT2D eigenvalue weighted by Gasteiger charge is 2.55. The molecular formula is C26H32N4O4S. The fourth-order valence-corrected chi connectivity index (χ4v) is 6.80. The third-order valence-electron chi connectivity index (χ3n) is 7.79. The van der Waals surface area contributed by atoms with Gasteiger partial charge in [0.1, 0.15) is 5.54 Å². The molecule has 9 heteroatoms. The number of nitrogens with one attached hydrogen (secondary N) is 1. The number of carbonyl (C=O) groups is 2. The number of aryl methyl sites for hydroxylation is 1. The topological polar surface area (TPSA) is 90.0 Å². The summed E-state index contributed by atoms with van der Waals surface area (Å²) < 4.78 is 27.8. The molecule has 2 fully saturated rings. The Morgan fingerprint density at radius 3 is 2.37 bits per heavy atom. The number of fused-ring (bicyclic) bond motifs is 2. The summed E-state index contributed by atoms with van der Waals surface area (Å²) in [5, 5.41) is 2.95. The molecule has 0 unspecified atom stereocenters. The van der Waals surface area contributed by atoms with Crippen LogP contribution in [0.15, 0.2) is 53.4 Å². The number of nitrogens with zero attached hydrogens (tertiary/aromatic N) is 3. The fraction of sp³-hybridized carbons (Fsp3) is 0.462. The molecule has 5 rings (SSSR count). The summed E-state index contributed by atoms with van der Waals surface area (Å²) in [7, 11) is -3.59. The zero-order chi connectivity index (χ0) is 24.8. The predicted molar refractivity (Wildman–Crippen MR) is 132 cm³/mol. The van der Waals surface area contributed by atoms with Gasteiger partial charge in [-0.1, -0.05) is 50.2 Å². The second-order valence-corrected chi connectivity index (χ2v) is 11.7. The quantitative estimate of drug-likeness (QED) is 0.621. The highest BCUT2D eigenvalue weighted by atomic mass is 32.2. The average Bonchev–Trinajstić information content (AvgIpc) is 3.36. The molecule has 35 heavy (non-hydrogen) atoms. The van der Waals surface area contributed by atoms with Gasteiger partial charge >= 0.3 is 6.03 Å². The van der Waals surface area contributed by atoms with Gasteiger partial charge in [0.05, 0.1) is 11.6 Å². The van der Waals surface area contributed by atoms with Crippen molar-refractivity contribution in [2.75, 3.05) is 32.8 Å². The van der Waals surface area contributed by atoms with Crippen molar-refractivity contribution < 1.29 is 18.0 Å². The third-order valence-corrected chi connectivity index (χ3v) is 9.71. The SMILES string of the molecule is CC[C@H](C)c1ccc(S(=O)(=O)N2CCN(CN3C(=O)N[C@@]4(CCc5ccccc54)C3=O)CC2)cc1. The van der Waals surface area contributed by atoms with Crippen molar-refractivity contribution in [3.05, 3.63) is 65.2 Å². The fourth-order valence-electron chi connectivity index (χ4n) is 5.38. The minimum Gasteiger partial charge on any atom is -0.319 e. The van der Waals surface area contributed by atoms with E-state index in [1.807, 2.05) is 41.3 Å². The highest BCUT2D eigenvalue weighted by molar-refractivity contribution is 7.89. The summed E-state index contributed by atoms with van der Waals surface area (Å²) in [5.74, 6) is 0.168. The first-order valence-corrected chi connectivity index (χ1v) is 13.8. The number of urea groups is 1. The summed E-state index contributed by atoms with van der Waals surface area (Å²) in [5.41, 5.74) is 2.14. The minimum atomic E-state index is -3.59. The summed E-state index contributed by atoms with van der Waals surface area (Å²) in [6.07, 6.45) is 2.32. The van der Waals surface area contributed by atoms with E-state index in [1.54, 1.807) is 12.1 Å². The summed E-state index contributed by atoms with van der Waals surface area (Å²) in [6.45, 7) is 5.92. The van der Waals surface area contributed by atoms with Crippen molar-refractivity contribution in [1.29, 1.82) is 0 Å². The Hall–Kier alpha value is -2.75. The van der Waals surface area contributed by atoms with Crippen LogP contribution < -0.4 is 5.32 Å². The largest absolute Gasteiger partial charge is 0.326 e. The molecule has 2 aromatic carbocycles. The first-order chi connectivity index (χ1) is 16.8. The van der Waals surface area contributed by atoms with Crippen LogP contribution in [0.3, 0.4) is 0 Å². The normalized spacial score (nSPS) is 24.1. The maximum absolute atomic E-state index is 13.4. The Labute approximate surface area is 206 Å². The Morgan fingerprint density at radius 1 is 1.00 bits per heavy atom. The second kappa shape index (κ2) is 9.04. The van der Waals surface area contributed by atoms with Gasteiger partial charge in [-0.3, -0.25) is 9.69 Å². The first-order valence-electron chi connectivity index (χ1n) is 12.3. The number of hydrogen-bond donors (Lipinski definition) is 1. The predicted octanol–water partition coefficient (Wildman–Crippen LogP) is 2.86. The molecule has 0 aromatic heterocycles. The standard InChI is InChI=1S/C26H32N4O4S/c1-3-19(2)20-8-10-22(11-9-20)35(33,34)29-16-14-28(15-17-29)18-30-24(31)26(27-25(30)32)13-12-21-6-4-5-7-23(21)26/h4-11,19H,3,12-18H2,1-2H3,(H,27,32)/t19-,26+/m0/s1. The van der Waals surface area contributed by atoms with Crippen LogP contribution in [-0.2, 0) is 26.8 Å². The van der Waals surface area contributed by atoms with Gasteiger partial charge in [0.25, 0.3) is 5.91 Å². The molecule has 0 bridgehead atoms. The lowest BCUT2D eigenvalue weighted by atomic mass is 9.92. The first kappa shape index (κ1) is 24.0. The molecule has 3 aliphatic rings. The monoisotopic (exact) mass is 496 g/mol. The van der Waals surface area contributed by atoms with Crippen LogP contribution in [0.1, 0.15) is 49.3 Å². The van der Waals surface area contributed by atoms with E-state index in [0.717, 1.165) is 29.5 Å². The Bertz CT molecular complexity index is 1240. The van der Waals surface area contributed by atoms with Crippen molar-refractivity contribution in [1.82, 2.24) is 19.4 Å². The van der Waals surface area contributed by atoms with Crippen LogP contribution in [0, 0.1) is 0 Å². The zero-order valence-electron chi connectivity index (χ0n) is 20.2. The molecule has 2 aliphatic heterocycles. The Kier molecular flexibility index (Phi) is 6.19. The maximum Gasteiger partial charge on any atom is 0.326 e. The van der Waals surface area contributed by atoms with Crippen molar-refractivity contribution in [2.24, 2.45) is 0 Å². The minimum absolute atomic E-state index is 0.159. The summed E-state index contributed by atoms with van der Waals surface area (Å²) in [6, 6.07) is 14.5. The Morgan fingerprint density at radius 2 is 1.69 bits per heavy atom. The molecule has 0 radical (unpaired) electrons. The van der Waals surface area contributed by atoms with Gasteiger partial charge in [0, 0.05) is 26.2 Å². The van der Waals surface area contributed by atoms with Crippen molar-refractivity contribution in [3.8, 4) is 0 Å². The maximum atomic E-state index is 13.4.